The molecule has 10 heteroatoms. The summed E-state index contributed by atoms with van der Waals surface area (Å²) in [7, 11) is 0. The molecule has 144 valence electrons. The molecule has 0 saturated heterocycles. The summed E-state index contributed by atoms with van der Waals surface area (Å²) in [5.41, 5.74) is 3.14. The number of rotatable bonds is 5. The van der Waals surface area contributed by atoms with Gasteiger partial charge in [-0.25, -0.2) is 0 Å². The Hall–Kier alpha value is -3.30. The zero-order valence-electron chi connectivity index (χ0n) is 14.2. The summed E-state index contributed by atoms with van der Waals surface area (Å²) in [6.45, 7) is 0.776. The van der Waals surface area contributed by atoms with Crippen LogP contribution in [-0.4, -0.2) is 23.0 Å². The third-order valence-corrected chi connectivity index (χ3v) is 3.33. The Morgan fingerprint density at radius 3 is 2.48 bits per heavy atom. The monoisotopic (exact) mass is 383 g/mol. The van der Waals surface area contributed by atoms with Gasteiger partial charge in [-0.3, -0.25) is 25.2 Å². The third kappa shape index (κ3) is 6.17. The lowest BCUT2D eigenvalue weighted by atomic mass is 10.2. The molecule has 27 heavy (non-hydrogen) atoms. The van der Waals surface area contributed by atoms with Crippen LogP contribution in [0.2, 0.25) is 0 Å². The molecular weight excluding hydrogens is 367 g/mol. The van der Waals surface area contributed by atoms with Crippen molar-refractivity contribution in [3.05, 3.63) is 64.1 Å². The largest absolute Gasteiger partial charge is 0.484 e. The summed E-state index contributed by atoms with van der Waals surface area (Å²) in [6, 6.07) is 8.30. The molecule has 0 aliphatic heterocycles. The Kier molecular flexibility index (Phi) is 6.22. The molecule has 0 radical (unpaired) electrons. The first-order chi connectivity index (χ1) is 12.6. The molecule has 1 aromatic carbocycles. The van der Waals surface area contributed by atoms with E-state index in [0.29, 0.717) is 28.6 Å². The number of benzene rings is 1. The van der Waals surface area contributed by atoms with Gasteiger partial charge < -0.3 is 9.30 Å². The SMILES string of the molecule is Cc1cccc(OCC(=O)NNC(=O)Cn2cc(C(F)(F)F)ccc2=O)c1. The number of aromatic nitrogens is 1. The van der Waals surface area contributed by atoms with Crippen molar-refractivity contribution >= 4 is 11.8 Å². The van der Waals surface area contributed by atoms with Crippen LogP contribution in [0, 0.1) is 6.92 Å². The second kappa shape index (κ2) is 8.39. The number of hydrogen-bond acceptors (Lipinski definition) is 4. The summed E-state index contributed by atoms with van der Waals surface area (Å²) in [4.78, 5) is 35.0. The quantitative estimate of drug-likeness (QED) is 0.764. The number of nitrogens with one attached hydrogen (secondary N) is 2. The van der Waals surface area contributed by atoms with Crippen LogP contribution < -0.4 is 21.1 Å². The molecule has 0 spiro atoms. The van der Waals surface area contributed by atoms with E-state index in [1.807, 2.05) is 18.4 Å². The van der Waals surface area contributed by atoms with E-state index in [1.165, 1.54) is 0 Å². The van der Waals surface area contributed by atoms with Crippen molar-refractivity contribution < 1.29 is 27.5 Å². The Morgan fingerprint density at radius 1 is 1.11 bits per heavy atom. The second-order valence-electron chi connectivity index (χ2n) is 5.58. The number of amides is 2. The maximum Gasteiger partial charge on any atom is 0.417 e. The Bertz CT molecular complexity index is 893. The summed E-state index contributed by atoms with van der Waals surface area (Å²) < 4.78 is 43.8. The molecule has 0 bridgehead atoms. The van der Waals surface area contributed by atoms with Crippen molar-refractivity contribution in [1.82, 2.24) is 15.4 Å². The van der Waals surface area contributed by atoms with E-state index in [-0.39, 0.29) is 6.61 Å². The maximum atomic E-state index is 12.7. The number of nitrogens with zero attached hydrogens (tertiary/aromatic N) is 1. The standard InChI is InChI=1S/C17H16F3N3O4/c1-11-3-2-4-13(7-11)27-10-15(25)22-21-14(24)9-23-8-12(17(18,19)20)5-6-16(23)26/h2-8H,9-10H2,1H3,(H,21,24)(H,22,25). The summed E-state index contributed by atoms with van der Waals surface area (Å²) in [6.07, 6.45) is -4.11. The van der Waals surface area contributed by atoms with E-state index >= 15 is 0 Å². The highest BCUT2D eigenvalue weighted by Gasteiger charge is 2.31. The normalized spacial score (nSPS) is 11.0. The van der Waals surface area contributed by atoms with Gasteiger partial charge in [-0.2, -0.15) is 13.2 Å². The number of hydrazine groups is 1. The van der Waals surface area contributed by atoms with Gasteiger partial charge in [0.15, 0.2) is 6.61 Å². The molecule has 0 saturated carbocycles. The fourth-order valence-corrected chi connectivity index (χ4v) is 2.05. The zero-order chi connectivity index (χ0) is 20.0. The topological polar surface area (TPSA) is 89.4 Å². The van der Waals surface area contributed by atoms with Crippen molar-refractivity contribution in [2.75, 3.05) is 6.61 Å². The van der Waals surface area contributed by atoms with Crippen LogP contribution in [0.15, 0.2) is 47.4 Å². The van der Waals surface area contributed by atoms with Crippen LogP contribution in [0.5, 0.6) is 5.75 Å². The highest BCUT2D eigenvalue weighted by Crippen LogP contribution is 2.27. The second-order valence-corrected chi connectivity index (χ2v) is 5.58. The minimum Gasteiger partial charge on any atom is -0.484 e. The van der Waals surface area contributed by atoms with Crippen molar-refractivity contribution in [3.63, 3.8) is 0 Å². The highest BCUT2D eigenvalue weighted by atomic mass is 19.4. The van der Waals surface area contributed by atoms with Crippen molar-refractivity contribution in [1.29, 1.82) is 0 Å². The van der Waals surface area contributed by atoms with Crippen LogP contribution in [-0.2, 0) is 22.3 Å². The fraction of sp³-hybridized carbons (Fsp3) is 0.235. The van der Waals surface area contributed by atoms with Crippen molar-refractivity contribution in [2.24, 2.45) is 0 Å². The van der Waals surface area contributed by atoms with Crippen molar-refractivity contribution in [3.8, 4) is 5.75 Å². The van der Waals surface area contributed by atoms with E-state index in [9.17, 15) is 27.6 Å². The lowest BCUT2D eigenvalue weighted by molar-refractivity contribution is -0.138. The Balaban J connectivity index is 1.85. The number of halogens is 3. The summed E-state index contributed by atoms with van der Waals surface area (Å²) >= 11 is 0. The third-order valence-electron chi connectivity index (χ3n) is 3.33. The molecular formula is C17H16F3N3O4. The summed E-state index contributed by atoms with van der Waals surface area (Å²) in [5, 5.41) is 0. The van der Waals surface area contributed by atoms with E-state index in [2.05, 4.69) is 5.43 Å². The minimum absolute atomic E-state index is 0.382. The molecule has 0 aliphatic rings. The van der Waals surface area contributed by atoms with Gasteiger partial charge in [-0.1, -0.05) is 12.1 Å². The van der Waals surface area contributed by atoms with Gasteiger partial charge in [-0.05, 0) is 30.7 Å². The Labute approximate surface area is 151 Å². The van der Waals surface area contributed by atoms with Gasteiger partial charge in [0.05, 0.1) is 5.56 Å². The van der Waals surface area contributed by atoms with Gasteiger partial charge in [0, 0.05) is 12.3 Å². The average molecular weight is 383 g/mol. The number of pyridine rings is 1. The molecule has 7 nitrogen and oxygen atoms in total. The smallest absolute Gasteiger partial charge is 0.417 e. The lowest BCUT2D eigenvalue weighted by Gasteiger charge is -2.12. The number of ether oxygens (including phenoxy) is 1. The zero-order valence-corrected chi connectivity index (χ0v) is 14.2. The maximum absolute atomic E-state index is 12.7. The molecule has 0 aliphatic carbocycles. The molecule has 2 N–H and O–H groups in total. The highest BCUT2D eigenvalue weighted by molar-refractivity contribution is 5.82. The molecule has 0 unspecified atom stereocenters. The molecule has 2 amide bonds. The first-order valence-corrected chi connectivity index (χ1v) is 7.70. The first kappa shape index (κ1) is 20.0. The van der Waals surface area contributed by atoms with Gasteiger partial charge in [0.2, 0.25) is 0 Å². The fourth-order valence-electron chi connectivity index (χ4n) is 2.05. The predicted molar refractivity (Wildman–Crippen MR) is 88.7 cm³/mol. The molecule has 2 aromatic rings. The number of hydrogen-bond donors (Lipinski definition) is 2. The first-order valence-electron chi connectivity index (χ1n) is 7.70. The molecule has 0 atom stereocenters. The van der Waals surface area contributed by atoms with Crippen LogP contribution in [0.3, 0.4) is 0 Å². The van der Waals surface area contributed by atoms with Crippen LogP contribution >= 0.6 is 0 Å². The molecule has 0 fully saturated rings. The van der Waals surface area contributed by atoms with Gasteiger partial charge >= 0.3 is 6.18 Å². The van der Waals surface area contributed by atoms with E-state index < -0.39 is 35.7 Å². The van der Waals surface area contributed by atoms with Gasteiger partial charge in [0.1, 0.15) is 12.3 Å². The number of alkyl halides is 3. The summed E-state index contributed by atoms with van der Waals surface area (Å²) in [5.74, 6) is -1.09. The predicted octanol–water partition coefficient (Wildman–Crippen LogP) is 1.40. The van der Waals surface area contributed by atoms with Crippen molar-refractivity contribution in [2.45, 2.75) is 19.6 Å². The van der Waals surface area contributed by atoms with Crippen LogP contribution in [0.25, 0.3) is 0 Å². The van der Waals surface area contributed by atoms with E-state index in [4.69, 9.17) is 4.74 Å². The number of carbonyl (C=O) groups excluding carboxylic acids is 2. The lowest BCUT2D eigenvalue weighted by Crippen LogP contribution is -2.45. The average Bonchev–Trinajstić information content (AvgIpc) is 2.59. The molecule has 2 rings (SSSR count). The number of aryl methyl sites for hydroxylation is 1. The van der Waals surface area contributed by atoms with Crippen LogP contribution in [0.4, 0.5) is 13.2 Å². The van der Waals surface area contributed by atoms with Gasteiger partial charge in [0.25, 0.3) is 17.4 Å². The molecule has 1 heterocycles. The minimum atomic E-state index is -4.65. The van der Waals surface area contributed by atoms with E-state index in [0.717, 1.165) is 5.56 Å². The Morgan fingerprint density at radius 2 is 1.81 bits per heavy atom. The van der Waals surface area contributed by atoms with E-state index in [1.54, 1.807) is 18.2 Å². The number of carbonyl (C=O) groups is 2. The van der Waals surface area contributed by atoms with Crippen LogP contribution in [0.1, 0.15) is 11.1 Å². The molecule has 1 aromatic heterocycles. The van der Waals surface area contributed by atoms with Gasteiger partial charge in [-0.15, -0.1) is 0 Å².